The summed E-state index contributed by atoms with van der Waals surface area (Å²) >= 11 is 1.49. The summed E-state index contributed by atoms with van der Waals surface area (Å²) in [5, 5.41) is 4.92. The van der Waals surface area contributed by atoms with Crippen molar-refractivity contribution in [2.75, 3.05) is 7.11 Å². The second kappa shape index (κ2) is 5.06. The summed E-state index contributed by atoms with van der Waals surface area (Å²) in [6, 6.07) is 12.1. The van der Waals surface area contributed by atoms with Crippen molar-refractivity contribution in [3.63, 3.8) is 0 Å². The van der Waals surface area contributed by atoms with E-state index >= 15 is 0 Å². The zero-order chi connectivity index (χ0) is 14.1. The highest BCUT2D eigenvalue weighted by atomic mass is 32.1. The van der Waals surface area contributed by atoms with Crippen molar-refractivity contribution >= 4 is 27.9 Å². The van der Waals surface area contributed by atoms with Gasteiger partial charge in [0.15, 0.2) is 5.78 Å². The van der Waals surface area contributed by atoms with E-state index in [1.807, 2.05) is 30.3 Å². The number of thiazole rings is 1. The minimum Gasteiger partial charge on any atom is -0.497 e. The molecule has 0 radical (unpaired) electrons. The topological polar surface area (TPSA) is 39.2 Å². The van der Waals surface area contributed by atoms with Gasteiger partial charge in [-0.1, -0.05) is 18.2 Å². The number of nitrogens with zero attached hydrogens (tertiary/aromatic N) is 1. The van der Waals surface area contributed by atoms with E-state index < -0.39 is 0 Å². The fourth-order valence-electron chi connectivity index (χ4n) is 2.05. The second-order valence-corrected chi connectivity index (χ2v) is 5.38. The van der Waals surface area contributed by atoms with E-state index in [0.717, 1.165) is 27.1 Å². The predicted molar refractivity (Wildman–Crippen MR) is 81.6 cm³/mol. The van der Waals surface area contributed by atoms with Crippen LogP contribution in [0.15, 0.2) is 41.8 Å². The predicted octanol–water partition coefficient (Wildman–Crippen LogP) is 4.17. The van der Waals surface area contributed by atoms with Crippen LogP contribution >= 0.6 is 11.3 Å². The number of ketones is 1. The van der Waals surface area contributed by atoms with Crippen molar-refractivity contribution in [2.24, 2.45) is 0 Å². The van der Waals surface area contributed by atoms with Crippen molar-refractivity contribution in [1.29, 1.82) is 0 Å². The fourth-order valence-corrected chi connectivity index (χ4v) is 2.91. The minimum atomic E-state index is -0.00183. The molecule has 3 nitrogen and oxygen atoms in total. The number of rotatable bonds is 3. The first-order chi connectivity index (χ1) is 9.67. The van der Waals surface area contributed by atoms with Crippen molar-refractivity contribution in [2.45, 2.75) is 6.92 Å². The summed E-state index contributed by atoms with van der Waals surface area (Å²) in [6.07, 6.45) is 0. The van der Waals surface area contributed by atoms with Gasteiger partial charge in [0, 0.05) is 17.9 Å². The van der Waals surface area contributed by atoms with Crippen molar-refractivity contribution in [3.8, 4) is 16.3 Å². The third-order valence-corrected chi connectivity index (χ3v) is 4.05. The van der Waals surface area contributed by atoms with Crippen LogP contribution in [0.5, 0.6) is 5.75 Å². The molecule has 1 aromatic heterocycles. The van der Waals surface area contributed by atoms with Crippen LogP contribution in [0.1, 0.15) is 17.4 Å². The molecule has 0 unspecified atom stereocenters. The Hall–Kier alpha value is -2.20. The van der Waals surface area contributed by atoms with Gasteiger partial charge in [0.2, 0.25) is 0 Å². The first kappa shape index (κ1) is 12.8. The molecule has 0 bridgehead atoms. The number of carbonyl (C=O) groups excluding carboxylic acids is 1. The molecule has 0 saturated carbocycles. The summed E-state index contributed by atoms with van der Waals surface area (Å²) in [5.41, 5.74) is 1.56. The Labute approximate surface area is 120 Å². The Morgan fingerprint density at radius 1 is 1.15 bits per heavy atom. The van der Waals surface area contributed by atoms with Gasteiger partial charge < -0.3 is 4.74 Å². The van der Waals surface area contributed by atoms with Crippen LogP contribution in [0.3, 0.4) is 0 Å². The number of aromatic nitrogens is 1. The quantitative estimate of drug-likeness (QED) is 0.677. The Balaban J connectivity index is 2.05. The van der Waals surface area contributed by atoms with E-state index in [9.17, 15) is 4.79 Å². The standard InChI is InChI=1S/C16H13NO2S/c1-10(18)15-9-20-16(17-15)13-4-3-12-8-14(19-2)6-5-11(12)7-13/h3-9H,1-2H3. The second-order valence-electron chi connectivity index (χ2n) is 4.52. The molecule has 0 N–H and O–H groups in total. The highest BCUT2D eigenvalue weighted by molar-refractivity contribution is 7.13. The van der Waals surface area contributed by atoms with E-state index in [-0.39, 0.29) is 5.78 Å². The maximum atomic E-state index is 11.3. The molecule has 0 amide bonds. The van der Waals surface area contributed by atoms with Gasteiger partial charge in [-0.05, 0) is 29.0 Å². The van der Waals surface area contributed by atoms with Crippen molar-refractivity contribution < 1.29 is 9.53 Å². The van der Waals surface area contributed by atoms with Gasteiger partial charge in [-0.3, -0.25) is 4.79 Å². The van der Waals surface area contributed by atoms with Gasteiger partial charge in [-0.25, -0.2) is 4.98 Å². The maximum absolute atomic E-state index is 11.3. The molecule has 20 heavy (non-hydrogen) atoms. The Morgan fingerprint density at radius 2 is 1.90 bits per heavy atom. The number of hydrogen-bond donors (Lipinski definition) is 0. The first-order valence-corrected chi connectivity index (χ1v) is 7.10. The average Bonchev–Trinajstić information content (AvgIpc) is 2.96. The molecule has 0 aliphatic heterocycles. The minimum absolute atomic E-state index is 0.00183. The number of fused-ring (bicyclic) bond motifs is 1. The molecule has 4 heteroatoms. The lowest BCUT2D eigenvalue weighted by Gasteiger charge is -2.04. The summed E-state index contributed by atoms with van der Waals surface area (Å²) in [4.78, 5) is 15.7. The molecule has 0 spiro atoms. The molecule has 100 valence electrons. The van der Waals surface area contributed by atoms with Crippen LogP contribution in [0.4, 0.5) is 0 Å². The molecule has 2 aromatic carbocycles. The monoisotopic (exact) mass is 283 g/mol. The Morgan fingerprint density at radius 3 is 2.60 bits per heavy atom. The molecule has 1 heterocycles. The number of Topliss-reactive ketones (excluding diaryl/α,β-unsaturated/α-hetero) is 1. The molecule has 3 aromatic rings. The van der Waals surface area contributed by atoms with Crippen LogP contribution in [-0.4, -0.2) is 17.9 Å². The van der Waals surface area contributed by atoms with E-state index in [0.29, 0.717) is 5.69 Å². The fraction of sp³-hybridized carbons (Fsp3) is 0.125. The summed E-state index contributed by atoms with van der Waals surface area (Å²) in [7, 11) is 1.66. The molecule has 3 rings (SSSR count). The molecule has 0 fully saturated rings. The van der Waals surface area contributed by atoms with E-state index in [2.05, 4.69) is 11.1 Å². The average molecular weight is 283 g/mol. The van der Waals surface area contributed by atoms with Crippen LogP contribution in [0.25, 0.3) is 21.3 Å². The number of carbonyl (C=O) groups is 1. The van der Waals surface area contributed by atoms with Crippen molar-refractivity contribution in [3.05, 3.63) is 47.5 Å². The van der Waals surface area contributed by atoms with Crippen LogP contribution in [0.2, 0.25) is 0 Å². The third kappa shape index (κ3) is 2.30. The van der Waals surface area contributed by atoms with Crippen LogP contribution < -0.4 is 4.74 Å². The van der Waals surface area contributed by atoms with Gasteiger partial charge in [0.1, 0.15) is 16.5 Å². The van der Waals surface area contributed by atoms with Gasteiger partial charge >= 0.3 is 0 Å². The first-order valence-electron chi connectivity index (χ1n) is 6.22. The van der Waals surface area contributed by atoms with Gasteiger partial charge in [-0.15, -0.1) is 11.3 Å². The number of methoxy groups -OCH3 is 1. The van der Waals surface area contributed by atoms with Crippen LogP contribution in [-0.2, 0) is 0 Å². The van der Waals surface area contributed by atoms with Gasteiger partial charge in [0.05, 0.1) is 7.11 Å². The molecule has 0 aliphatic carbocycles. The summed E-state index contributed by atoms with van der Waals surface area (Å²) in [6.45, 7) is 1.53. The third-order valence-electron chi connectivity index (χ3n) is 3.16. The maximum Gasteiger partial charge on any atom is 0.178 e. The highest BCUT2D eigenvalue weighted by Crippen LogP contribution is 2.29. The Bertz CT molecular complexity index is 792. The van der Waals surface area contributed by atoms with Gasteiger partial charge in [0.25, 0.3) is 0 Å². The highest BCUT2D eigenvalue weighted by Gasteiger charge is 2.08. The molecule has 0 saturated heterocycles. The van der Waals surface area contributed by atoms with E-state index in [1.54, 1.807) is 12.5 Å². The summed E-state index contributed by atoms with van der Waals surface area (Å²) in [5.74, 6) is 0.844. The SMILES string of the molecule is COc1ccc2cc(-c3nc(C(C)=O)cs3)ccc2c1. The molecule has 0 aliphatic rings. The zero-order valence-electron chi connectivity index (χ0n) is 11.2. The molecular formula is C16H13NO2S. The normalized spacial score (nSPS) is 10.7. The van der Waals surface area contributed by atoms with Gasteiger partial charge in [-0.2, -0.15) is 0 Å². The zero-order valence-corrected chi connectivity index (χ0v) is 12.0. The molecular weight excluding hydrogens is 270 g/mol. The van der Waals surface area contributed by atoms with E-state index in [4.69, 9.17) is 4.74 Å². The smallest absolute Gasteiger partial charge is 0.178 e. The Kier molecular flexibility index (Phi) is 3.24. The van der Waals surface area contributed by atoms with E-state index in [1.165, 1.54) is 18.3 Å². The lowest BCUT2D eigenvalue weighted by atomic mass is 10.1. The lowest BCUT2D eigenvalue weighted by molar-refractivity contribution is 0.101. The number of ether oxygens (including phenoxy) is 1. The van der Waals surface area contributed by atoms with Crippen molar-refractivity contribution in [1.82, 2.24) is 4.98 Å². The number of hydrogen-bond acceptors (Lipinski definition) is 4. The van der Waals surface area contributed by atoms with Crippen LogP contribution in [0, 0.1) is 0 Å². The lowest BCUT2D eigenvalue weighted by Crippen LogP contribution is -1.91. The molecule has 0 atom stereocenters. The summed E-state index contributed by atoms with van der Waals surface area (Å²) < 4.78 is 5.22. The largest absolute Gasteiger partial charge is 0.497 e. The number of benzene rings is 2.